The van der Waals surface area contributed by atoms with E-state index < -0.39 is 0 Å². The summed E-state index contributed by atoms with van der Waals surface area (Å²) in [4.78, 5) is 4.76. The molecule has 1 aromatic carbocycles. The number of benzene rings is 1. The van der Waals surface area contributed by atoms with Crippen LogP contribution < -0.4 is 0 Å². The van der Waals surface area contributed by atoms with Crippen molar-refractivity contribution in [1.82, 2.24) is 9.55 Å². The summed E-state index contributed by atoms with van der Waals surface area (Å²) in [5, 5.41) is 0.734. The zero-order chi connectivity index (χ0) is 14.8. The Morgan fingerprint density at radius 2 is 2.05 bits per heavy atom. The summed E-state index contributed by atoms with van der Waals surface area (Å²) in [7, 11) is 0. The van der Waals surface area contributed by atoms with E-state index in [1.54, 1.807) is 0 Å². The number of halogens is 2. The standard InChI is InChI=1S/C17H22Cl2N2/c1-12(13-6-3-2-4-7-13)21-15-9-5-8-14(19)17(15)20-16(21)10-11-18/h5,8-9,12-13H,2-4,6-7,10-11H2,1H3. The lowest BCUT2D eigenvalue weighted by molar-refractivity contribution is 0.264. The van der Waals surface area contributed by atoms with Crippen LogP contribution in [0.25, 0.3) is 11.0 Å². The summed E-state index contributed by atoms with van der Waals surface area (Å²) in [6.45, 7) is 2.33. The van der Waals surface area contributed by atoms with Crippen molar-refractivity contribution in [2.45, 2.75) is 51.5 Å². The van der Waals surface area contributed by atoms with Crippen LogP contribution in [0.1, 0.15) is 50.9 Å². The fourth-order valence-corrected chi connectivity index (χ4v) is 4.05. The van der Waals surface area contributed by atoms with Gasteiger partial charge >= 0.3 is 0 Å². The van der Waals surface area contributed by atoms with Crippen LogP contribution in [0.15, 0.2) is 18.2 Å². The number of aromatic nitrogens is 2. The average molecular weight is 325 g/mol. The highest BCUT2D eigenvalue weighted by molar-refractivity contribution is 6.34. The van der Waals surface area contributed by atoms with E-state index in [1.165, 1.54) is 32.1 Å². The summed E-state index contributed by atoms with van der Waals surface area (Å²) in [5.74, 6) is 2.41. The summed E-state index contributed by atoms with van der Waals surface area (Å²) in [6.07, 6.45) is 7.53. The molecule has 1 fully saturated rings. The van der Waals surface area contributed by atoms with Crippen LogP contribution in [0.3, 0.4) is 0 Å². The molecule has 1 aliphatic carbocycles. The number of imidazole rings is 1. The summed E-state index contributed by atoms with van der Waals surface area (Å²) in [6, 6.07) is 6.52. The molecule has 2 nitrogen and oxygen atoms in total. The Kier molecular flexibility index (Phi) is 4.75. The summed E-state index contributed by atoms with van der Waals surface area (Å²) < 4.78 is 2.39. The number of fused-ring (bicyclic) bond motifs is 1. The largest absolute Gasteiger partial charge is 0.325 e. The van der Waals surface area contributed by atoms with Crippen LogP contribution in [0.5, 0.6) is 0 Å². The first kappa shape index (κ1) is 15.2. The number of rotatable bonds is 4. The van der Waals surface area contributed by atoms with Gasteiger partial charge in [-0.3, -0.25) is 0 Å². The molecule has 1 unspecified atom stereocenters. The van der Waals surface area contributed by atoms with Gasteiger partial charge in [-0.15, -0.1) is 11.6 Å². The number of nitrogens with zero attached hydrogens (tertiary/aromatic N) is 2. The molecular formula is C17H22Cl2N2. The van der Waals surface area contributed by atoms with Crippen molar-refractivity contribution in [1.29, 1.82) is 0 Å². The van der Waals surface area contributed by atoms with E-state index in [0.717, 1.165) is 34.2 Å². The highest BCUT2D eigenvalue weighted by atomic mass is 35.5. The number of alkyl halides is 1. The van der Waals surface area contributed by atoms with E-state index in [0.29, 0.717) is 11.9 Å². The van der Waals surface area contributed by atoms with Gasteiger partial charge in [0.1, 0.15) is 11.3 Å². The monoisotopic (exact) mass is 324 g/mol. The molecule has 0 radical (unpaired) electrons. The first-order chi connectivity index (χ1) is 10.2. The van der Waals surface area contributed by atoms with Crippen LogP contribution in [0, 0.1) is 5.92 Å². The second-order valence-electron chi connectivity index (χ2n) is 6.08. The van der Waals surface area contributed by atoms with Crippen molar-refractivity contribution in [3.8, 4) is 0 Å². The van der Waals surface area contributed by atoms with Crippen LogP contribution in [0.2, 0.25) is 5.02 Å². The molecule has 1 heterocycles. The highest BCUT2D eigenvalue weighted by Crippen LogP contribution is 2.36. The zero-order valence-electron chi connectivity index (χ0n) is 12.5. The number of para-hydroxylation sites is 1. The number of hydrogen-bond acceptors (Lipinski definition) is 1. The lowest BCUT2D eigenvalue weighted by Crippen LogP contribution is -2.21. The lowest BCUT2D eigenvalue weighted by Gasteiger charge is -2.30. The van der Waals surface area contributed by atoms with Gasteiger partial charge in [-0.1, -0.05) is 36.9 Å². The molecule has 1 aromatic heterocycles. The maximum Gasteiger partial charge on any atom is 0.111 e. The number of hydrogen-bond donors (Lipinski definition) is 0. The third-order valence-corrected chi connectivity index (χ3v) is 5.30. The molecule has 2 aromatic rings. The van der Waals surface area contributed by atoms with Gasteiger partial charge in [0.25, 0.3) is 0 Å². The van der Waals surface area contributed by atoms with Crippen LogP contribution in [-0.2, 0) is 6.42 Å². The molecular weight excluding hydrogens is 303 g/mol. The Morgan fingerprint density at radius 3 is 2.76 bits per heavy atom. The average Bonchev–Trinajstić information content (AvgIpc) is 2.87. The molecule has 21 heavy (non-hydrogen) atoms. The molecule has 0 N–H and O–H groups in total. The minimum atomic E-state index is 0.465. The maximum atomic E-state index is 6.32. The third kappa shape index (κ3) is 2.93. The molecule has 3 rings (SSSR count). The van der Waals surface area contributed by atoms with Gasteiger partial charge in [0, 0.05) is 18.3 Å². The smallest absolute Gasteiger partial charge is 0.111 e. The Bertz CT molecular complexity index is 615. The Labute approximate surface area is 136 Å². The van der Waals surface area contributed by atoms with E-state index >= 15 is 0 Å². The van der Waals surface area contributed by atoms with Crippen molar-refractivity contribution >= 4 is 34.2 Å². The van der Waals surface area contributed by atoms with Crippen LogP contribution >= 0.6 is 23.2 Å². The Morgan fingerprint density at radius 1 is 1.29 bits per heavy atom. The molecule has 114 valence electrons. The summed E-state index contributed by atoms with van der Waals surface area (Å²) in [5.41, 5.74) is 2.07. The van der Waals surface area contributed by atoms with Gasteiger partial charge < -0.3 is 4.57 Å². The van der Waals surface area contributed by atoms with Crippen molar-refractivity contribution in [2.24, 2.45) is 5.92 Å². The lowest BCUT2D eigenvalue weighted by atomic mass is 9.84. The van der Waals surface area contributed by atoms with E-state index in [4.69, 9.17) is 28.2 Å². The van der Waals surface area contributed by atoms with E-state index in [9.17, 15) is 0 Å². The fraction of sp³-hybridized carbons (Fsp3) is 0.588. The van der Waals surface area contributed by atoms with Gasteiger partial charge in [-0.25, -0.2) is 4.98 Å². The van der Waals surface area contributed by atoms with Crippen LogP contribution in [-0.4, -0.2) is 15.4 Å². The quantitative estimate of drug-likeness (QED) is 0.668. The third-order valence-electron chi connectivity index (χ3n) is 4.80. The first-order valence-corrected chi connectivity index (χ1v) is 8.85. The molecule has 1 aliphatic rings. The summed E-state index contributed by atoms with van der Waals surface area (Å²) >= 11 is 12.3. The van der Waals surface area contributed by atoms with Gasteiger partial charge in [0.15, 0.2) is 0 Å². The molecule has 1 saturated carbocycles. The van der Waals surface area contributed by atoms with E-state index in [2.05, 4.69) is 17.6 Å². The van der Waals surface area contributed by atoms with Gasteiger partial charge in [-0.05, 0) is 37.8 Å². The zero-order valence-corrected chi connectivity index (χ0v) is 14.0. The van der Waals surface area contributed by atoms with Gasteiger partial charge in [0.05, 0.1) is 10.5 Å². The topological polar surface area (TPSA) is 17.8 Å². The fourth-order valence-electron chi connectivity index (χ4n) is 3.67. The van der Waals surface area contributed by atoms with Crippen molar-refractivity contribution < 1.29 is 0 Å². The van der Waals surface area contributed by atoms with Crippen LogP contribution in [0.4, 0.5) is 0 Å². The SMILES string of the molecule is CC(C1CCCCC1)n1c(CCCl)nc2c(Cl)cccc21. The molecule has 0 bridgehead atoms. The first-order valence-electron chi connectivity index (χ1n) is 7.93. The predicted molar refractivity (Wildman–Crippen MR) is 90.5 cm³/mol. The van der Waals surface area contributed by atoms with Gasteiger partial charge in [-0.2, -0.15) is 0 Å². The molecule has 0 spiro atoms. The predicted octanol–water partition coefficient (Wildman–Crippen LogP) is 5.61. The molecule has 0 amide bonds. The molecule has 1 atom stereocenters. The minimum absolute atomic E-state index is 0.465. The van der Waals surface area contributed by atoms with Crippen molar-refractivity contribution in [3.05, 3.63) is 29.0 Å². The van der Waals surface area contributed by atoms with Gasteiger partial charge in [0.2, 0.25) is 0 Å². The van der Waals surface area contributed by atoms with E-state index in [-0.39, 0.29) is 0 Å². The molecule has 4 heteroatoms. The highest BCUT2D eigenvalue weighted by Gasteiger charge is 2.25. The van der Waals surface area contributed by atoms with Crippen molar-refractivity contribution in [2.75, 3.05) is 5.88 Å². The van der Waals surface area contributed by atoms with Crippen molar-refractivity contribution in [3.63, 3.8) is 0 Å². The number of aryl methyl sites for hydroxylation is 1. The Hall–Kier alpha value is -0.730. The maximum absolute atomic E-state index is 6.32. The Balaban J connectivity index is 2.05. The molecule has 0 aliphatic heterocycles. The second-order valence-corrected chi connectivity index (χ2v) is 6.87. The van der Waals surface area contributed by atoms with E-state index in [1.807, 2.05) is 12.1 Å². The minimum Gasteiger partial charge on any atom is -0.325 e. The normalized spacial score (nSPS) is 18.2. The second kappa shape index (κ2) is 6.58. The molecule has 0 saturated heterocycles.